The highest BCUT2D eigenvalue weighted by molar-refractivity contribution is 6.28. The van der Waals surface area contributed by atoms with E-state index in [1.165, 1.54) is 11.0 Å². The largest absolute Gasteiger partial charge is 0.510 e. The van der Waals surface area contributed by atoms with Crippen LogP contribution in [0.5, 0.6) is 5.75 Å². The maximum absolute atomic E-state index is 13.9. The van der Waals surface area contributed by atoms with Crippen molar-refractivity contribution in [3.8, 4) is 5.75 Å². The summed E-state index contributed by atoms with van der Waals surface area (Å²) in [4.78, 5) is 53.2. The Bertz CT molecular complexity index is 1360. The molecule has 1 fully saturated rings. The van der Waals surface area contributed by atoms with Crippen molar-refractivity contribution in [3.05, 3.63) is 40.2 Å². The number of hydrogen-bond donors (Lipinski definition) is 7. The number of nitrogens with zero attached hydrogens (tertiary/aromatic N) is 1. The van der Waals surface area contributed by atoms with Crippen molar-refractivity contribution in [2.75, 3.05) is 19.4 Å². The Morgan fingerprint density at radius 2 is 1.67 bits per heavy atom. The van der Waals surface area contributed by atoms with Crippen molar-refractivity contribution in [2.45, 2.75) is 51.3 Å². The van der Waals surface area contributed by atoms with Gasteiger partial charge in [0.05, 0.1) is 29.3 Å². The quantitative estimate of drug-likeness (QED) is 0.167. The number of phenols is 1. The molecule has 8 N–H and O–H groups in total. The number of amides is 3. The number of fused-ring (bicyclic) bond motifs is 3. The van der Waals surface area contributed by atoms with E-state index in [0.29, 0.717) is 5.56 Å². The number of Topliss-reactive ketones (excluding diaryl/α,β-unsaturated/α-hetero) is 2. The topological polar surface area (TPSA) is 203 Å². The summed E-state index contributed by atoms with van der Waals surface area (Å²) >= 11 is 0. The highest BCUT2D eigenvalue weighted by Crippen LogP contribution is 2.55. The monoisotopic (exact) mass is 542 g/mol. The molecule has 0 heterocycles. The van der Waals surface area contributed by atoms with Gasteiger partial charge in [-0.2, -0.15) is 0 Å². The fourth-order valence-electron chi connectivity index (χ4n) is 6.20. The zero-order valence-electron chi connectivity index (χ0n) is 22.6. The van der Waals surface area contributed by atoms with Gasteiger partial charge in [-0.15, -0.1) is 0 Å². The van der Waals surface area contributed by atoms with Crippen LogP contribution in [0, 0.1) is 17.8 Å². The van der Waals surface area contributed by atoms with Crippen molar-refractivity contribution >= 4 is 35.0 Å². The van der Waals surface area contributed by atoms with E-state index < -0.39 is 87.7 Å². The third-order valence-corrected chi connectivity index (χ3v) is 7.73. The molecule has 210 valence electrons. The minimum absolute atomic E-state index is 0.0275. The van der Waals surface area contributed by atoms with Crippen LogP contribution < -0.4 is 16.4 Å². The average molecular weight is 543 g/mol. The number of primary amides is 1. The Balaban J connectivity index is 1.87. The Morgan fingerprint density at radius 1 is 1.05 bits per heavy atom. The summed E-state index contributed by atoms with van der Waals surface area (Å²) in [5.74, 6) is -9.20. The van der Waals surface area contributed by atoms with E-state index in [-0.39, 0.29) is 16.8 Å². The highest BCUT2D eigenvalue weighted by atomic mass is 16.3. The molecule has 0 aliphatic heterocycles. The third-order valence-electron chi connectivity index (χ3n) is 7.73. The van der Waals surface area contributed by atoms with Crippen molar-refractivity contribution < 1.29 is 39.6 Å². The molecule has 6 atom stereocenters. The first kappa shape index (κ1) is 28.1. The van der Waals surface area contributed by atoms with Crippen LogP contribution in [0.15, 0.2) is 29.0 Å². The van der Waals surface area contributed by atoms with Crippen molar-refractivity contribution in [1.82, 2.24) is 10.2 Å². The van der Waals surface area contributed by atoms with E-state index in [4.69, 9.17) is 5.73 Å². The summed E-state index contributed by atoms with van der Waals surface area (Å²) in [5.41, 5.74) is 4.08. The number of carbonyl (C=O) groups is 4. The van der Waals surface area contributed by atoms with Gasteiger partial charge in [0.15, 0.2) is 11.6 Å². The van der Waals surface area contributed by atoms with Gasteiger partial charge in [-0.05, 0) is 52.4 Å². The smallest absolute Gasteiger partial charge is 0.319 e. The van der Waals surface area contributed by atoms with Crippen LogP contribution in [0.1, 0.15) is 44.7 Å². The molecule has 1 aromatic carbocycles. The van der Waals surface area contributed by atoms with Gasteiger partial charge in [0, 0.05) is 22.9 Å². The number of nitrogens with one attached hydrogen (secondary N) is 2. The third kappa shape index (κ3) is 4.33. The van der Waals surface area contributed by atoms with Gasteiger partial charge < -0.3 is 36.8 Å². The van der Waals surface area contributed by atoms with Gasteiger partial charge in [-0.1, -0.05) is 13.0 Å². The standard InChI is InChI=1S/C27H34N4O8/c1-9-10-7-8-11(29-26(39)30-27(2,3)4)19(32)13(10)21(34)15-12(9)20(33)14-16(22(15)35)23(36)17(25(28)38)24(37)18(14)31(5)6/h7-9,12,14,16,18,20,32-34,37H,1-6H3,(H2,28,38)(H2,29,30,39)/t9-,12?,14?,16?,18-,20-/m0/s1. The second-order valence-electron chi connectivity index (χ2n) is 11.6. The molecular formula is C27H34N4O8. The number of likely N-dealkylation sites (N-methyl/N-ethyl adjacent to an activating group) is 1. The molecule has 0 aromatic heterocycles. The van der Waals surface area contributed by atoms with Crippen molar-refractivity contribution in [1.29, 1.82) is 0 Å². The molecule has 3 aliphatic rings. The van der Waals surface area contributed by atoms with Crippen LogP contribution in [0.2, 0.25) is 0 Å². The van der Waals surface area contributed by atoms with E-state index >= 15 is 0 Å². The number of benzene rings is 1. The highest BCUT2D eigenvalue weighted by Gasteiger charge is 2.60. The number of aromatic hydroxyl groups is 1. The van der Waals surface area contributed by atoms with Crippen molar-refractivity contribution in [2.24, 2.45) is 23.5 Å². The van der Waals surface area contributed by atoms with Crippen LogP contribution in [-0.2, 0) is 14.4 Å². The second-order valence-corrected chi connectivity index (χ2v) is 11.6. The Hall–Kier alpha value is -3.90. The first-order valence-electron chi connectivity index (χ1n) is 12.5. The van der Waals surface area contributed by atoms with E-state index in [9.17, 15) is 39.6 Å². The number of rotatable bonds is 3. The number of aliphatic hydroxyl groups excluding tert-OH is 3. The molecule has 3 unspecified atom stereocenters. The Kier molecular flexibility index (Phi) is 6.76. The normalized spacial score (nSPS) is 28.6. The van der Waals surface area contributed by atoms with E-state index in [1.54, 1.807) is 47.9 Å². The number of aliphatic hydroxyl groups is 3. The maximum Gasteiger partial charge on any atom is 0.319 e. The van der Waals surface area contributed by atoms with E-state index in [2.05, 4.69) is 10.6 Å². The number of phenolic OH excluding ortho intramolecular Hbond substituents is 1. The number of ketones is 2. The van der Waals surface area contributed by atoms with Gasteiger partial charge in [-0.25, -0.2) is 4.79 Å². The first-order chi connectivity index (χ1) is 18.0. The molecule has 39 heavy (non-hydrogen) atoms. The summed E-state index contributed by atoms with van der Waals surface area (Å²) in [6.07, 6.45) is -1.40. The molecule has 0 bridgehead atoms. The molecule has 1 saturated carbocycles. The molecule has 0 spiro atoms. The second kappa shape index (κ2) is 9.38. The zero-order valence-corrected chi connectivity index (χ0v) is 22.6. The molecule has 1 aromatic rings. The lowest BCUT2D eigenvalue weighted by atomic mass is 9.56. The molecule has 3 aliphatic carbocycles. The number of carbonyl (C=O) groups excluding carboxylic acids is 4. The molecular weight excluding hydrogens is 508 g/mol. The van der Waals surface area contributed by atoms with Gasteiger partial charge in [-0.3, -0.25) is 19.3 Å². The van der Waals surface area contributed by atoms with Crippen LogP contribution in [0.25, 0.3) is 5.76 Å². The van der Waals surface area contributed by atoms with Gasteiger partial charge in [0.2, 0.25) is 0 Å². The summed E-state index contributed by atoms with van der Waals surface area (Å²) in [5, 5.41) is 50.1. The summed E-state index contributed by atoms with van der Waals surface area (Å²) in [6.45, 7) is 7.02. The number of hydrogen-bond acceptors (Lipinski definition) is 9. The summed E-state index contributed by atoms with van der Waals surface area (Å²) < 4.78 is 0. The molecule has 4 rings (SSSR count). The van der Waals surface area contributed by atoms with Gasteiger partial charge in [0.25, 0.3) is 5.91 Å². The molecule has 3 amide bonds. The predicted molar refractivity (Wildman–Crippen MR) is 141 cm³/mol. The molecule has 0 radical (unpaired) electrons. The predicted octanol–water partition coefficient (Wildman–Crippen LogP) is 1.30. The fraction of sp³-hybridized carbons (Fsp3) is 0.481. The Labute approximate surface area is 225 Å². The van der Waals surface area contributed by atoms with Gasteiger partial charge in [0.1, 0.15) is 22.8 Å². The number of urea groups is 1. The van der Waals surface area contributed by atoms with Crippen LogP contribution >= 0.6 is 0 Å². The molecule has 12 heteroatoms. The van der Waals surface area contributed by atoms with Crippen LogP contribution in [-0.4, -0.2) is 80.6 Å². The lowest BCUT2D eigenvalue weighted by molar-refractivity contribution is -0.143. The van der Waals surface area contributed by atoms with Crippen LogP contribution in [0.3, 0.4) is 0 Å². The fourth-order valence-corrected chi connectivity index (χ4v) is 6.20. The molecule has 12 nitrogen and oxygen atoms in total. The lowest BCUT2D eigenvalue weighted by Crippen LogP contribution is -2.61. The Morgan fingerprint density at radius 3 is 2.21 bits per heavy atom. The summed E-state index contributed by atoms with van der Waals surface area (Å²) in [6, 6.07) is 1.34. The van der Waals surface area contributed by atoms with Crippen LogP contribution in [0.4, 0.5) is 10.5 Å². The number of nitrogens with two attached hydrogens (primary N) is 1. The zero-order chi connectivity index (χ0) is 29.3. The SMILES string of the molecule is C[C@H]1c2ccc(NC(=O)NC(C)(C)C)c(O)c2C(O)=C2C(=O)C3C(=O)C(C(N)=O)=C(O)[C@@H](N(C)C)C3[C@@H](O)C21. The summed E-state index contributed by atoms with van der Waals surface area (Å²) in [7, 11) is 3.13. The first-order valence-corrected chi connectivity index (χ1v) is 12.5. The minimum Gasteiger partial charge on any atom is -0.510 e. The minimum atomic E-state index is -1.60. The van der Waals surface area contributed by atoms with Crippen molar-refractivity contribution in [3.63, 3.8) is 0 Å². The van der Waals surface area contributed by atoms with Gasteiger partial charge >= 0.3 is 6.03 Å². The lowest BCUT2D eigenvalue weighted by Gasteiger charge is -2.50. The number of anilines is 1. The maximum atomic E-state index is 13.9. The molecule has 0 saturated heterocycles. The average Bonchev–Trinajstić information content (AvgIpc) is 2.78. The van der Waals surface area contributed by atoms with E-state index in [1.807, 2.05) is 0 Å². The van der Waals surface area contributed by atoms with E-state index in [0.717, 1.165) is 0 Å².